The number of hydrogen-bond acceptors (Lipinski definition) is 4. The van der Waals surface area contributed by atoms with Crippen molar-refractivity contribution >= 4 is 11.8 Å². The molecule has 0 atom stereocenters. The molecule has 1 amide bonds. The lowest BCUT2D eigenvalue weighted by Gasteiger charge is -2.19. The van der Waals surface area contributed by atoms with Crippen LogP contribution in [0.3, 0.4) is 0 Å². The normalized spacial score (nSPS) is 13.4. The minimum atomic E-state index is -0.819. The Hall–Kier alpha value is -2.53. The molecule has 0 bridgehead atoms. The van der Waals surface area contributed by atoms with Crippen molar-refractivity contribution in [3.8, 4) is 5.75 Å². The highest BCUT2D eigenvalue weighted by atomic mass is 16.6. The fourth-order valence-corrected chi connectivity index (χ4v) is 2.87. The number of aryl methyl sites for hydroxylation is 2. The topological polar surface area (TPSA) is 59.0 Å². The molecule has 0 saturated heterocycles. The summed E-state index contributed by atoms with van der Waals surface area (Å²) in [5.74, 6) is 1.30. The number of carbonyl (C=O) groups excluding carboxylic acids is 1. The van der Waals surface area contributed by atoms with Gasteiger partial charge in [0.25, 0.3) is 0 Å². The van der Waals surface area contributed by atoms with Gasteiger partial charge in [-0.05, 0) is 55.9 Å². The Morgan fingerprint density at radius 2 is 1.96 bits per heavy atom. The number of amides is 1. The second-order valence-corrected chi connectivity index (χ2v) is 6.50. The van der Waals surface area contributed by atoms with Crippen LogP contribution in [0.25, 0.3) is 0 Å². The molecule has 2 aromatic carbocycles. The third-order valence-electron chi connectivity index (χ3n) is 4.45. The van der Waals surface area contributed by atoms with E-state index in [0.717, 1.165) is 35.3 Å². The summed E-state index contributed by atoms with van der Waals surface area (Å²) in [4.78, 5) is 11.7. The van der Waals surface area contributed by atoms with Crippen molar-refractivity contribution < 1.29 is 19.5 Å². The zero-order valence-corrected chi connectivity index (χ0v) is 14.8. The second kappa shape index (κ2) is 7.15. The lowest BCUT2D eigenvalue weighted by atomic mass is 10.1. The quantitative estimate of drug-likeness (QED) is 0.631. The first kappa shape index (κ1) is 17.3. The van der Waals surface area contributed by atoms with Gasteiger partial charge in [0, 0.05) is 5.56 Å². The van der Waals surface area contributed by atoms with Crippen LogP contribution in [0, 0.1) is 13.8 Å². The van der Waals surface area contributed by atoms with Crippen molar-refractivity contribution in [3.63, 3.8) is 0 Å². The van der Waals surface area contributed by atoms with Gasteiger partial charge >= 0.3 is 6.09 Å². The number of hydrogen-bond donors (Lipinski definition) is 1. The number of anilines is 1. The van der Waals surface area contributed by atoms with Crippen LogP contribution in [-0.4, -0.2) is 18.4 Å². The van der Waals surface area contributed by atoms with Crippen LogP contribution in [0.4, 0.5) is 10.5 Å². The van der Waals surface area contributed by atoms with Gasteiger partial charge in [-0.25, -0.2) is 4.79 Å². The van der Waals surface area contributed by atoms with E-state index in [1.807, 2.05) is 44.2 Å². The second-order valence-electron chi connectivity index (χ2n) is 6.50. The number of hydroxylamine groups is 1. The maximum absolute atomic E-state index is 11.7. The summed E-state index contributed by atoms with van der Waals surface area (Å²) in [5, 5.41) is 10.7. The van der Waals surface area contributed by atoms with Crippen LogP contribution < -0.4 is 9.80 Å². The van der Waals surface area contributed by atoms with E-state index >= 15 is 0 Å². The lowest BCUT2D eigenvalue weighted by molar-refractivity contribution is 0.140. The minimum Gasteiger partial charge on any atom is -0.489 e. The Morgan fingerprint density at radius 3 is 2.60 bits per heavy atom. The van der Waals surface area contributed by atoms with Crippen molar-refractivity contribution in [2.75, 3.05) is 12.2 Å². The first-order chi connectivity index (χ1) is 12.0. The molecule has 0 aromatic heterocycles. The molecule has 2 aromatic rings. The molecule has 0 aliphatic heterocycles. The number of carbonyl (C=O) groups is 1. The number of benzene rings is 2. The van der Waals surface area contributed by atoms with Crippen LogP contribution in [0.1, 0.15) is 41.0 Å². The van der Waals surface area contributed by atoms with E-state index in [2.05, 4.69) is 10.8 Å². The maximum Gasteiger partial charge on any atom is 0.438 e. The zero-order valence-electron chi connectivity index (χ0n) is 14.8. The Balaban J connectivity index is 1.85. The predicted octanol–water partition coefficient (Wildman–Crippen LogP) is 4.72. The fourth-order valence-electron chi connectivity index (χ4n) is 2.87. The first-order valence-corrected chi connectivity index (χ1v) is 8.39. The summed E-state index contributed by atoms with van der Waals surface area (Å²) in [6.45, 7) is 4.27. The Bertz CT molecular complexity index is 783. The van der Waals surface area contributed by atoms with Gasteiger partial charge in [0.15, 0.2) is 0 Å². The molecule has 132 valence electrons. The highest BCUT2D eigenvalue weighted by Crippen LogP contribution is 2.41. The van der Waals surface area contributed by atoms with E-state index in [1.54, 1.807) is 0 Å². The van der Waals surface area contributed by atoms with Crippen molar-refractivity contribution in [2.24, 2.45) is 0 Å². The van der Waals surface area contributed by atoms with E-state index in [9.17, 15) is 10.0 Å². The van der Waals surface area contributed by atoms with Crippen LogP contribution >= 0.6 is 0 Å². The van der Waals surface area contributed by atoms with E-state index < -0.39 is 6.09 Å². The van der Waals surface area contributed by atoms with Crippen LogP contribution in [0.5, 0.6) is 5.75 Å². The number of rotatable bonds is 5. The molecule has 25 heavy (non-hydrogen) atoms. The Morgan fingerprint density at radius 1 is 1.20 bits per heavy atom. The van der Waals surface area contributed by atoms with Gasteiger partial charge in [-0.1, -0.05) is 29.8 Å². The van der Waals surface area contributed by atoms with Crippen molar-refractivity contribution in [3.05, 3.63) is 58.7 Å². The zero-order chi connectivity index (χ0) is 18.0. The SMILES string of the molecule is COC(=O)N(O)c1cc(C2CC2)ccc1COc1ccc(C)cc1C. The van der Waals surface area contributed by atoms with Gasteiger partial charge in [-0.15, -0.1) is 0 Å². The van der Waals surface area contributed by atoms with Crippen molar-refractivity contribution in [2.45, 2.75) is 39.2 Å². The van der Waals surface area contributed by atoms with Crippen LogP contribution in [-0.2, 0) is 11.3 Å². The monoisotopic (exact) mass is 341 g/mol. The molecule has 1 aliphatic carbocycles. The summed E-state index contributed by atoms with van der Waals surface area (Å²) in [6.07, 6.45) is 1.46. The lowest BCUT2D eigenvalue weighted by Crippen LogP contribution is -2.28. The Kier molecular flexibility index (Phi) is 4.95. The fraction of sp³-hybridized carbons (Fsp3) is 0.350. The average molecular weight is 341 g/mol. The maximum atomic E-state index is 11.7. The minimum absolute atomic E-state index is 0.248. The number of nitrogens with zero attached hydrogens (tertiary/aromatic N) is 1. The van der Waals surface area contributed by atoms with Crippen molar-refractivity contribution in [1.29, 1.82) is 0 Å². The van der Waals surface area contributed by atoms with E-state index in [1.165, 1.54) is 12.7 Å². The van der Waals surface area contributed by atoms with Crippen LogP contribution in [0.15, 0.2) is 36.4 Å². The molecule has 0 heterocycles. The molecule has 1 fully saturated rings. The molecule has 1 N–H and O–H groups in total. The number of methoxy groups -OCH3 is 1. The van der Waals surface area contributed by atoms with Gasteiger partial charge in [-0.2, -0.15) is 5.06 Å². The van der Waals surface area contributed by atoms with Gasteiger partial charge < -0.3 is 9.47 Å². The van der Waals surface area contributed by atoms with E-state index in [4.69, 9.17) is 4.74 Å². The summed E-state index contributed by atoms with van der Waals surface area (Å²) in [5.41, 5.74) is 4.46. The largest absolute Gasteiger partial charge is 0.489 e. The highest BCUT2D eigenvalue weighted by molar-refractivity contribution is 5.86. The van der Waals surface area contributed by atoms with E-state index in [-0.39, 0.29) is 6.61 Å². The molecular weight excluding hydrogens is 318 g/mol. The molecule has 3 rings (SSSR count). The molecule has 1 saturated carbocycles. The summed E-state index contributed by atoms with van der Waals surface area (Å²) < 4.78 is 10.5. The molecule has 1 aliphatic rings. The number of ether oxygens (including phenoxy) is 2. The van der Waals surface area contributed by atoms with Gasteiger partial charge in [0.05, 0.1) is 12.8 Å². The van der Waals surface area contributed by atoms with Crippen molar-refractivity contribution in [1.82, 2.24) is 0 Å². The molecule has 5 heteroatoms. The summed E-state index contributed by atoms with van der Waals surface area (Å²) in [7, 11) is 1.24. The molecule has 5 nitrogen and oxygen atoms in total. The smallest absolute Gasteiger partial charge is 0.438 e. The molecular formula is C20H23NO4. The Labute approximate surface area is 147 Å². The summed E-state index contributed by atoms with van der Waals surface area (Å²) in [6, 6.07) is 11.8. The van der Waals surface area contributed by atoms with Gasteiger partial charge in [-0.3, -0.25) is 5.21 Å². The first-order valence-electron chi connectivity index (χ1n) is 8.39. The molecule has 0 radical (unpaired) electrons. The van der Waals surface area contributed by atoms with Crippen LogP contribution in [0.2, 0.25) is 0 Å². The third kappa shape index (κ3) is 3.94. The molecule has 0 unspecified atom stereocenters. The molecule has 0 spiro atoms. The predicted molar refractivity (Wildman–Crippen MR) is 95.3 cm³/mol. The van der Waals surface area contributed by atoms with Gasteiger partial charge in [0.2, 0.25) is 0 Å². The standard InChI is InChI=1S/C20H23NO4/c1-13-4-9-19(14(2)10-13)25-12-17-8-7-16(15-5-6-15)11-18(17)21(23)20(22)24-3/h4,7-11,15,23H,5-6,12H2,1-3H3. The highest BCUT2D eigenvalue weighted by Gasteiger charge is 2.26. The third-order valence-corrected chi connectivity index (χ3v) is 4.45. The summed E-state index contributed by atoms with van der Waals surface area (Å²) >= 11 is 0. The van der Waals surface area contributed by atoms with E-state index in [0.29, 0.717) is 16.7 Å². The average Bonchev–Trinajstić information content (AvgIpc) is 3.44. The van der Waals surface area contributed by atoms with Gasteiger partial charge in [0.1, 0.15) is 12.4 Å².